The minimum absolute atomic E-state index is 0.0607. The number of aliphatic hydroxyl groups excluding tert-OH is 2. The number of benzene rings is 1. The van der Waals surface area contributed by atoms with Crippen molar-refractivity contribution in [3.05, 3.63) is 35.9 Å². The normalized spacial score (nSPS) is 19.8. The maximum atomic E-state index is 10.2. The molecule has 0 amide bonds. The lowest BCUT2D eigenvalue weighted by atomic mass is 9.86. The van der Waals surface area contributed by atoms with E-state index >= 15 is 0 Å². The highest BCUT2D eigenvalue weighted by Crippen LogP contribution is 2.38. The lowest BCUT2D eigenvalue weighted by Gasteiger charge is -2.32. The minimum atomic E-state index is -0.455. The van der Waals surface area contributed by atoms with Crippen LogP contribution in [0.2, 0.25) is 0 Å². The number of nitrogens with zero attached hydrogens (tertiary/aromatic N) is 1. The fourth-order valence-electron chi connectivity index (χ4n) is 3.20. The summed E-state index contributed by atoms with van der Waals surface area (Å²) in [4.78, 5) is 2.15. The van der Waals surface area contributed by atoms with Crippen molar-refractivity contribution < 1.29 is 10.2 Å². The molecule has 0 spiro atoms. The Labute approximate surface area is 115 Å². The first-order valence-corrected chi connectivity index (χ1v) is 7.18. The van der Waals surface area contributed by atoms with E-state index in [-0.39, 0.29) is 12.0 Å². The highest BCUT2D eigenvalue weighted by Gasteiger charge is 2.34. The molecule has 0 bridgehead atoms. The standard InChI is InChI=1S/C16H25NO2/c1-17(12-16(13-18)9-5-6-10-16)11-15(19)14-7-3-2-4-8-14/h2-4,7-8,15,18-19H,5-6,9-13H2,1H3/t15-/m1/s1. The van der Waals surface area contributed by atoms with Gasteiger partial charge in [-0.2, -0.15) is 0 Å². The number of hydrogen-bond donors (Lipinski definition) is 2. The van der Waals surface area contributed by atoms with Gasteiger partial charge in [0, 0.05) is 25.1 Å². The van der Waals surface area contributed by atoms with Crippen LogP contribution < -0.4 is 0 Å². The average molecular weight is 263 g/mol. The Morgan fingerprint density at radius 1 is 1.21 bits per heavy atom. The van der Waals surface area contributed by atoms with Crippen LogP contribution in [0.3, 0.4) is 0 Å². The monoisotopic (exact) mass is 263 g/mol. The summed E-state index contributed by atoms with van der Waals surface area (Å²) in [7, 11) is 2.03. The van der Waals surface area contributed by atoms with Crippen LogP contribution in [-0.4, -0.2) is 41.9 Å². The van der Waals surface area contributed by atoms with Gasteiger partial charge in [0.1, 0.15) is 0 Å². The average Bonchev–Trinajstić information content (AvgIpc) is 2.88. The predicted molar refractivity (Wildman–Crippen MR) is 76.9 cm³/mol. The van der Waals surface area contributed by atoms with Gasteiger partial charge in [0.25, 0.3) is 0 Å². The summed E-state index contributed by atoms with van der Waals surface area (Å²) >= 11 is 0. The van der Waals surface area contributed by atoms with Crippen LogP contribution in [0.1, 0.15) is 37.4 Å². The zero-order valence-corrected chi connectivity index (χ0v) is 11.8. The first kappa shape index (κ1) is 14.5. The second-order valence-electron chi connectivity index (χ2n) is 5.99. The molecule has 1 saturated carbocycles. The molecule has 0 aromatic heterocycles. The lowest BCUT2D eigenvalue weighted by Crippen LogP contribution is -2.38. The molecule has 0 saturated heterocycles. The summed E-state index contributed by atoms with van der Waals surface area (Å²) in [5.74, 6) is 0. The highest BCUT2D eigenvalue weighted by molar-refractivity contribution is 5.17. The fourth-order valence-corrected chi connectivity index (χ4v) is 3.20. The van der Waals surface area contributed by atoms with Crippen molar-refractivity contribution in [3.8, 4) is 0 Å². The summed E-state index contributed by atoms with van der Waals surface area (Å²) in [6, 6.07) is 9.76. The van der Waals surface area contributed by atoms with Crippen LogP contribution in [0.25, 0.3) is 0 Å². The molecular formula is C16H25NO2. The zero-order chi connectivity index (χ0) is 13.7. The molecule has 2 rings (SSSR count). The van der Waals surface area contributed by atoms with Gasteiger partial charge in [0.05, 0.1) is 6.10 Å². The van der Waals surface area contributed by atoms with Crippen molar-refractivity contribution in [1.29, 1.82) is 0 Å². The summed E-state index contributed by atoms with van der Waals surface area (Å²) in [6.45, 7) is 1.75. The van der Waals surface area contributed by atoms with Gasteiger partial charge < -0.3 is 15.1 Å². The van der Waals surface area contributed by atoms with Gasteiger partial charge >= 0.3 is 0 Å². The van der Waals surface area contributed by atoms with Gasteiger partial charge in [-0.3, -0.25) is 0 Å². The van der Waals surface area contributed by atoms with Gasteiger partial charge in [0.2, 0.25) is 0 Å². The third-order valence-corrected chi connectivity index (χ3v) is 4.27. The largest absolute Gasteiger partial charge is 0.396 e. The fraction of sp³-hybridized carbons (Fsp3) is 0.625. The third kappa shape index (κ3) is 3.78. The molecule has 0 unspecified atom stereocenters. The van der Waals surface area contributed by atoms with Crippen LogP contribution in [-0.2, 0) is 0 Å². The molecule has 0 heterocycles. The zero-order valence-electron chi connectivity index (χ0n) is 11.8. The Morgan fingerprint density at radius 2 is 1.84 bits per heavy atom. The van der Waals surface area contributed by atoms with Crippen LogP contribution >= 0.6 is 0 Å². The second kappa shape index (κ2) is 6.51. The van der Waals surface area contributed by atoms with E-state index in [1.54, 1.807) is 0 Å². The SMILES string of the molecule is CN(C[C@@H](O)c1ccccc1)CC1(CO)CCCC1. The van der Waals surface area contributed by atoms with E-state index in [1.165, 1.54) is 12.8 Å². The van der Waals surface area contributed by atoms with E-state index in [0.29, 0.717) is 6.54 Å². The second-order valence-corrected chi connectivity index (χ2v) is 5.99. The van der Waals surface area contributed by atoms with Gasteiger partial charge in [0.15, 0.2) is 0 Å². The van der Waals surface area contributed by atoms with Crippen molar-refractivity contribution >= 4 is 0 Å². The molecule has 1 aliphatic rings. The summed E-state index contributed by atoms with van der Waals surface area (Å²) in [5.41, 5.74) is 1.02. The molecule has 0 aliphatic heterocycles. The molecule has 1 fully saturated rings. The van der Waals surface area contributed by atoms with E-state index in [9.17, 15) is 10.2 Å². The maximum absolute atomic E-state index is 10.2. The van der Waals surface area contributed by atoms with Gasteiger partial charge in [-0.15, -0.1) is 0 Å². The van der Waals surface area contributed by atoms with E-state index in [4.69, 9.17) is 0 Å². The molecule has 3 nitrogen and oxygen atoms in total. The van der Waals surface area contributed by atoms with Gasteiger partial charge in [-0.05, 0) is 25.5 Å². The Morgan fingerprint density at radius 3 is 2.42 bits per heavy atom. The lowest BCUT2D eigenvalue weighted by molar-refractivity contribution is 0.0610. The Hall–Kier alpha value is -0.900. The number of rotatable bonds is 6. The van der Waals surface area contributed by atoms with Crippen molar-refractivity contribution in [2.45, 2.75) is 31.8 Å². The van der Waals surface area contributed by atoms with Crippen LogP contribution in [0.15, 0.2) is 30.3 Å². The van der Waals surface area contributed by atoms with Crippen molar-refractivity contribution in [1.82, 2.24) is 4.90 Å². The molecular weight excluding hydrogens is 238 g/mol. The van der Waals surface area contributed by atoms with Gasteiger partial charge in [-0.1, -0.05) is 43.2 Å². The van der Waals surface area contributed by atoms with E-state index in [2.05, 4.69) is 4.90 Å². The quantitative estimate of drug-likeness (QED) is 0.827. The van der Waals surface area contributed by atoms with Crippen molar-refractivity contribution in [3.63, 3.8) is 0 Å². The smallest absolute Gasteiger partial charge is 0.0916 e. The predicted octanol–water partition coefficient (Wildman–Crippen LogP) is 2.20. The molecule has 106 valence electrons. The van der Waals surface area contributed by atoms with Crippen molar-refractivity contribution in [2.24, 2.45) is 5.41 Å². The molecule has 1 aromatic rings. The molecule has 19 heavy (non-hydrogen) atoms. The van der Waals surface area contributed by atoms with Crippen LogP contribution in [0.5, 0.6) is 0 Å². The number of hydrogen-bond acceptors (Lipinski definition) is 3. The van der Waals surface area contributed by atoms with Crippen LogP contribution in [0.4, 0.5) is 0 Å². The number of aliphatic hydroxyl groups is 2. The Kier molecular flexibility index (Phi) is 4.97. The minimum Gasteiger partial charge on any atom is -0.396 e. The summed E-state index contributed by atoms with van der Waals surface area (Å²) in [6.07, 6.45) is 4.19. The Balaban J connectivity index is 1.88. The summed E-state index contributed by atoms with van der Waals surface area (Å²) in [5, 5.41) is 19.8. The summed E-state index contributed by atoms with van der Waals surface area (Å²) < 4.78 is 0. The Bertz CT molecular complexity index is 374. The molecule has 3 heteroatoms. The molecule has 0 radical (unpaired) electrons. The first-order valence-electron chi connectivity index (χ1n) is 7.18. The van der Waals surface area contributed by atoms with Crippen LogP contribution in [0, 0.1) is 5.41 Å². The van der Waals surface area contributed by atoms with E-state index in [0.717, 1.165) is 24.9 Å². The topological polar surface area (TPSA) is 43.7 Å². The molecule has 1 atom stereocenters. The maximum Gasteiger partial charge on any atom is 0.0916 e. The van der Waals surface area contributed by atoms with E-state index < -0.39 is 6.10 Å². The molecule has 1 aromatic carbocycles. The molecule has 2 N–H and O–H groups in total. The van der Waals surface area contributed by atoms with Crippen molar-refractivity contribution in [2.75, 3.05) is 26.7 Å². The number of likely N-dealkylation sites (N-methyl/N-ethyl adjacent to an activating group) is 1. The van der Waals surface area contributed by atoms with E-state index in [1.807, 2.05) is 37.4 Å². The first-order chi connectivity index (χ1) is 9.15. The third-order valence-electron chi connectivity index (χ3n) is 4.27. The highest BCUT2D eigenvalue weighted by atomic mass is 16.3. The van der Waals surface area contributed by atoms with Gasteiger partial charge in [-0.25, -0.2) is 0 Å². The molecule has 1 aliphatic carbocycles.